The highest BCUT2D eigenvalue weighted by Crippen LogP contribution is 2.18. The third-order valence-corrected chi connectivity index (χ3v) is 2.21. The molecule has 2 aromatic rings. The first kappa shape index (κ1) is 9.71. The van der Waals surface area contributed by atoms with Gasteiger partial charge in [-0.2, -0.15) is 5.10 Å². The van der Waals surface area contributed by atoms with E-state index in [1.807, 2.05) is 31.2 Å². The van der Waals surface area contributed by atoms with Crippen LogP contribution in [0.25, 0.3) is 11.4 Å². The predicted octanol–water partition coefficient (Wildman–Crippen LogP) is 1.97. The second-order valence-electron chi connectivity index (χ2n) is 3.15. The van der Waals surface area contributed by atoms with Gasteiger partial charge < -0.3 is 4.74 Å². The summed E-state index contributed by atoms with van der Waals surface area (Å²) in [5, 5.41) is 4.32. The summed E-state index contributed by atoms with van der Waals surface area (Å²) in [7, 11) is 1.65. The number of aromatic nitrogens is 3. The predicted molar refractivity (Wildman–Crippen MR) is 57.7 cm³/mol. The van der Waals surface area contributed by atoms with Crippen molar-refractivity contribution in [1.29, 1.82) is 0 Å². The Kier molecular flexibility index (Phi) is 2.67. The van der Waals surface area contributed by atoms with Crippen LogP contribution < -0.4 is 4.74 Å². The topological polar surface area (TPSA) is 39.9 Å². The molecule has 0 radical (unpaired) electrons. The first-order valence-corrected chi connectivity index (χ1v) is 4.87. The van der Waals surface area contributed by atoms with Crippen molar-refractivity contribution in [3.63, 3.8) is 0 Å². The molecule has 1 aromatic carbocycles. The van der Waals surface area contributed by atoms with Gasteiger partial charge in [0.2, 0.25) is 0 Å². The van der Waals surface area contributed by atoms with Crippen LogP contribution in [0.2, 0.25) is 0 Å². The minimum Gasteiger partial charge on any atom is -0.497 e. The van der Waals surface area contributed by atoms with E-state index in [-0.39, 0.29) is 0 Å². The maximum Gasteiger partial charge on any atom is 0.181 e. The molecule has 0 bridgehead atoms. The van der Waals surface area contributed by atoms with Crippen molar-refractivity contribution < 1.29 is 4.74 Å². The Balaban J connectivity index is 2.28. The van der Waals surface area contributed by atoms with Gasteiger partial charge in [-0.1, -0.05) is 0 Å². The van der Waals surface area contributed by atoms with Gasteiger partial charge in [0.15, 0.2) is 5.82 Å². The Bertz CT molecular complexity index is 433. The Morgan fingerprint density at radius 1 is 1.27 bits per heavy atom. The molecule has 0 aliphatic rings. The maximum absolute atomic E-state index is 5.09. The van der Waals surface area contributed by atoms with Crippen LogP contribution >= 0.6 is 0 Å². The third kappa shape index (κ3) is 1.98. The lowest BCUT2D eigenvalue weighted by Gasteiger charge is -1.99. The molecule has 0 unspecified atom stereocenters. The minimum absolute atomic E-state index is 0.750. The molecule has 1 heterocycles. The summed E-state index contributed by atoms with van der Waals surface area (Å²) >= 11 is 0. The number of ether oxygens (including phenoxy) is 1. The molecule has 0 saturated carbocycles. The van der Waals surface area contributed by atoms with E-state index in [4.69, 9.17) is 4.74 Å². The highest BCUT2D eigenvalue weighted by Gasteiger charge is 2.02. The summed E-state index contributed by atoms with van der Waals surface area (Å²) in [4.78, 5) is 4.22. The van der Waals surface area contributed by atoms with E-state index in [9.17, 15) is 0 Å². The largest absolute Gasteiger partial charge is 0.497 e. The lowest BCUT2D eigenvalue weighted by molar-refractivity contribution is 0.415. The fourth-order valence-corrected chi connectivity index (χ4v) is 1.32. The fourth-order valence-electron chi connectivity index (χ4n) is 1.32. The van der Waals surface area contributed by atoms with Gasteiger partial charge in [-0.05, 0) is 31.2 Å². The van der Waals surface area contributed by atoms with Crippen molar-refractivity contribution in [2.45, 2.75) is 13.5 Å². The Labute approximate surface area is 88.5 Å². The number of aryl methyl sites for hydroxylation is 1. The van der Waals surface area contributed by atoms with Gasteiger partial charge in [0, 0.05) is 12.1 Å². The van der Waals surface area contributed by atoms with E-state index in [1.165, 1.54) is 0 Å². The second-order valence-corrected chi connectivity index (χ2v) is 3.15. The van der Waals surface area contributed by atoms with Crippen LogP contribution in [0, 0.1) is 0 Å². The average molecular weight is 203 g/mol. The van der Waals surface area contributed by atoms with Gasteiger partial charge in [-0.15, -0.1) is 0 Å². The van der Waals surface area contributed by atoms with Crippen LogP contribution in [0.15, 0.2) is 30.6 Å². The standard InChI is InChI=1S/C11H13N3O/c1-3-14-8-12-11(13-14)9-4-6-10(15-2)7-5-9/h4-8H,3H2,1-2H3. The van der Waals surface area contributed by atoms with Crippen molar-refractivity contribution in [1.82, 2.24) is 14.8 Å². The number of methoxy groups -OCH3 is 1. The van der Waals surface area contributed by atoms with Crippen LogP contribution in [0.1, 0.15) is 6.92 Å². The first-order valence-electron chi connectivity index (χ1n) is 4.87. The van der Waals surface area contributed by atoms with Crippen molar-refractivity contribution in [2.24, 2.45) is 0 Å². The van der Waals surface area contributed by atoms with Gasteiger partial charge in [-0.3, -0.25) is 4.68 Å². The minimum atomic E-state index is 0.750. The summed E-state index contributed by atoms with van der Waals surface area (Å²) in [5.41, 5.74) is 1.00. The van der Waals surface area contributed by atoms with Crippen molar-refractivity contribution in [3.05, 3.63) is 30.6 Å². The van der Waals surface area contributed by atoms with E-state index < -0.39 is 0 Å². The number of benzene rings is 1. The lowest BCUT2D eigenvalue weighted by atomic mass is 10.2. The van der Waals surface area contributed by atoms with Crippen molar-refractivity contribution >= 4 is 0 Å². The number of rotatable bonds is 3. The third-order valence-electron chi connectivity index (χ3n) is 2.21. The zero-order chi connectivity index (χ0) is 10.7. The SMILES string of the molecule is CCn1cnc(-c2ccc(OC)cc2)n1. The molecule has 78 valence electrons. The summed E-state index contributed by atoms with van der Waals surface area (Å²) in [6, 6.07) is 7.71. The smallest absolute Gasteiger partial charge is 0.181 e. The highest BCUT2D eigenvalue weighted by atomic mass is 16.5. The van der Waals surface area contributed by atoms with Gasteiger partial charge in [0.05, 0.1) is 7.11 Å². The molecule has 0 aliphatic heterocycles. The van der Waals surface area contributed by atoms with Gasteiger partial charge in [0.25, 0.3) is 0 Å². The highest BCUT2D eigenvalue weighted by molar-refractivity contribution is 5.55. The van der Waals surface area contributed by atoms with E-state index in [0.29, 0.717) is 0 Å². The second kappa shape index (κ2) is 4.13. The normalized spacial score (nSPS) is 10.3. The summed E-state index contributed by atoms with van der Waals surface area (Å²) in [6.45, 7) is 2.87. The summed E-state index contributed by atoms with van der Waals surface area (Å²) < 4.78 is 6.89. The van der Waals surface area contributed by atoms with Gasteiger partial charge >= 0.3 is 0 Å². The summed E-state index contributed by atoms with van der Waals surface area (Å²) in [6.07, 6.45) is 1.74. The maximum atomic E-state index is 5.09. The van der Waals surface area contributed by atoms with Gasteiger partial charge in [-0.25, -0.2) is 4.98 Å². The number of nitrogens with zero attached hydrogens (tertiary/aromatic N) is 3. The zero-order valence-electron chi connectivity index (χ0n) is 8.84. The molecule has 0 N–H and O–H groups in total. The van der Waals surface area contributed by atoms with E-state index in [2.05, 4.69) is 10.1 Å². The van der Waals surface area contributed by atoms with Crippen LogP contribution in [0.3, 0.4) is 0 Å². The monoisotopic (exact) mass is 203 g/mol. The molecule has 0 fully saturated rings. The first-order chi connectivity index (χ1) is 7.33. The van der Waals surface area contributed by atoms with E-state index in [0.717, 1.165) is 23.7 Å². The zero-order valence-corrected chi connectivity index (χ0v) is 8.84. The molecule has 4 heteroatoms. The number of hydrogen-bond acceptors (Lipinski definition) is 3. The van der Waals surface area contributed by atoms with Crippen molar-refractivity contribution in [3.8, 4) is 17.1 Å². The molecule has 0 saturated heterocycles. The fraction of sp³-hybridized carbons (Fsp3) is 0.273. The van der Waals surface area contributed by atoms with E-state index >= 15 is 0 Å². The molecule has 1 aromatic heterocycles. The molecular formula is C11H13N3O. The lowest BCUT2D eigenvalue weighted by Crippen LogP contribution is -1.93. The molecule has 0 spiro atoms. The Hall–Kier alpha value is -1.84. The number of hydrogen-bond donors (Lipinski definition) is 0. The van der Waals surface area contributed by atoms with E-state index in [1.54, 1.807) is 18.1 Å². The molecule has 0 atom stereocenters. The van der Waals surface area contributed by atoms with Crippen molar-refractivity contribution in [2.75, 3.05) is 7.11 Å². The average Bonchev–Trinajstić information content (AvgIpc) is 2.78. The van der Waals surface area contributed by atoms with Crippen LogP contribution in [-0.2, 0) is 6.54 Å². The van der Waals surface area contributed by atoms with Crippen LogP contribution in [0.5, 0.6) is 5.75 Å². The Morgan fingerprint density at radius 3 is 2.53 bits per heavy atom. The molecule has 4 nitrogen and oxygen atoms in total. The Morgan fingerprint density at radius 2 is 2.00 bits per heavy atom. The van der Waals surface area contributed by atoms with Crippen LogP contribution in [-0.4, -0.2) is 21.9 Å². The quantitative estimate of drug-likeness (QED) is 0.765. The molecule has 0 amide bonds. The summed E-state index contributed by atoms with van der Waals surface area (Å²) in [5.74, 6) is 1.59. The molecular weight excluding hydrogens is 190 g/mol. The van der Waals surface area contributed by atoms with Gasteiger partial charge in [0.1, 0.15) is 12.1 Å². The molecule has 15 heavy (non-hydrogen) atoms. The molecule has 2 rings (SSSR count). The molecule has 0 aliphatic carbocycles. The van der Waals surface area contributed by atoms with Crippen LogP contribution in [0.4, 0.5) is 0 Å².